The van der Waals surface area contributed by atoms with Gasteiger partial charge in [0.25, 0.3) is 0 Å². The molecule has 3 aromatic rings. The van der Waals surface area contributed by atoms with Gasteiger partial charge in [-0.2, -0.15) is 0 Å². The van der Waals surface area contributed by atoms with Crippen LogP contribution in [0.25, 0.3) is 11.1 Å². The first-order valence-corrected chi connectivity index (χ1v) is 9.88. The predicted molar refractivity (Wildman–Crippen MR) is 107 cm³/mol. The fourth-order valence-electron chi connectivity index (χ4n) is 4.36. The van der Waals surface area contributed by atoms with Crippen LogP contribution in [0.1, 0.15) is 31.2 Å². The largest absolute Gasteiger partial charge is 0.492 e. The van der Waals surface area contributed by atoms with E-state index in [-0.39, 0.29) is 11.7 Å². The van der Waals surface area contributed by atoms with Gasteiger partial charge in [0, 0.05) is 36.9 Å². The molecule has 146 valence electrons. The molecule has 0 bridgehead atoms. The number of nitrogens with one attached hydrogen (secondary N) is 1. The van der Waals surface area contributed by atoms with Gasteiger partial charge < -0.3 is 19.4 Å². The second-order valence-electron chi connectivity index (χ2n) is 8.02. The number of para-hydroxylation sites is 1. The van der Waals surface area contributed by atoms with Crippen molar-refractivity contribution in [1.82, 2.24) is 10.3 Å². The van der Waals surface area contributed by atoms with E-state index < -0.39 is 0 Å². The first-order valence-electron chi connectivity index (χ1n) is 9.88. The molecule has 2 aliphatic heterocycles. The van der Waals surface area contributed by atoms with Crippen LogP contribution in [0, 0.1) is 5.82 Å². The molecule has 28 heavy (non-hydrogen) atoms. The Kier molecular flexibility index (Phi) is 4.23. The van der Waals surface area contributed by atoms with E-state index in [0.29, 0.717) is 35.7 Å². The van der Waals surface area contributed by atoms with Crippen LogP contribution in [0.3, 0.4) is 0 Å². The van der Waals surface area contributed by atoms with Crippen molar-refractivity contribution in [2.45, 2.75) is 38.3 Å². The summed E-state index contributed by atoms with van der Waals surface area (Å²) in [6.07, 6.45) is 0.776. The maximum Gasteiger partial charge on any atom is 0.202 e. The SMILES string of the molecule is C[C@@H]1CN(c2ccc3c(c2)OCC(c2nc4c(F)cccc4o2)C3)C[C@H](C)N1. The van der Waals surface area contributed by atoms with Gasteiger partial charge in [-0.25, -0.2) is 9.37 Å². The number of hydrogen-bond donors (Lipinski definition) is 1. The summed E-state index contributed by atoms with van der Waals surface area (Å²) in [5.41, 5.74) is 3.11. The van der Waals surface area contributed by atoms with Crippen molar-refractivity contribution in [3.8, 4) is 5.75 Å². The van der Waals surface area contributed by atoms with Crippen molar-refractivity contribution in [3.05, 3.63) is 53.7 Å². The first kappa shape index (κ1) is 17.5. The van der Waals surface area contributed by atoms with E-state index >= 15 is 0 Å². The number of ether oxygens (including phenoxy) is 1. The van der Waals surface area contributed by atoms with Crippen molar-refractivity contribution >= 4 is 16.8 Å². The van der Waals surface area contributed by atoms with Gasteiger partial charge in [-0.1, -0.05) is 12.1 Å². The number of piperazine rings is 1. The van der Waals surface area contributed by atoms with Crippen LogP contribution in [0.5, 0.6) is 5.75 Å². The van der Waals surface area contributed by atoms with Gasteiger partial charge in [0.2, 0.25) is 5.89 Å². The maximum atomic E-state index is 13.9. The monoisotopic (exact) mass is 381 g/mol. The second-order valence-corrected chi connectivity index (χ2v) is 8.02. The molecule has 1 N–H and O–H groups in total. The zero-order chi connectivity index (χ0) is 19.3. The summed E-state index contributed by atoms with van der Waals surface area (Å²) in [7, 11) is 0. The summed E-state index contributed by atoms with van der Waals surface area (Å²) in [5.74, 6) is 1.10. The standard InChI is InChI=1S/C22H24FN3O2/c1-13-10-26(11-14(2)24-13)17-7-6-15-8-16(12-27-20(15)9-17)22-25-21-18(23)4-3-5-19(21)28-22/h3-7,9,13-14,16,24H,8,10-12H2,1-2H3/t13-,14+,16?. The van der Waals surface area contributed by atoms with E-state index in [9.17, 15) is 4.39 Å². The minimum atomic E-state index is -0.353. The molecule has 1 saturated heterocycles. The molecular formula is C22H24FN3O2. The number of anilines is 1. The Labute approximate surface area is 163 Å². The quantitative estimate of drug-likeness (QED) is 0.730. The molecule has 1 aromatic heterocycles. The average molecular weight is 381 g/mol. The van der Waals surface area contributed by atoms with Gasteiger partial charge in [-0.3, -0.25) is 0 Å². The molecule has 3 heterocycles. The van der Waals surface area contributed by atoms with Crippen LogP contribution in [0.2, 0.25) is 0 Å². The van der Waals surface area contributed by atoms with Gasteiger partial charge in [0.05, 0.1) is 5.92 Å². The maximum absolute atomic E-state index is 13.9. The molecule has 1 fully saturated rings. The highest BCUT2D eigenvalue weighted by atomic mass is 19.1. The number of oxazole rings is 1. The molecule has 0 spiro atoms. The smallest absolute Gasteiger partial charge is 0.202 e. The van der Waals surface area contributed by atoms with E-state index in [0.717, 1.165) is 30.8 Å². The summed E-state index contributed by atoms with van der Waals surface area (Å²) in [6, 6.07) is 12.2. The van der Waals surface area contributed by atoms with E-state index in [1.165, 1.54) is 11.8 Å². The molecular weight excluding hydrogens is 357 g/mol. The zero-order valence-corrected chi connectivity index (χ0v) is 16.1. The van der Waals surface area contributed by atoms with Gasteiger partial charge >= 0.3 is 0 Å². The third-order valence-corrected chi connectivity index (χ3v) is 5.62. The Balaban J connectivity index is 1.38. The van der Waals surface area contributed by atoms with Crippen LogP contribution >= 0.6 is 0 Å². The minimum Gasteiger partial charge on any atom is -0.492 e. The molecule has 6 heteroatoms. The number of halogens is 1. The number of hydrogen-bond acceptors (Lipinski definition) is 5. The summed E-state index contributed by atoms with van der Waals surface area (Å²) in [5, 5.41) is 3.56. The Morgan fingerprint density at radius 2 is 1.96 bits per heavy atom. The molecule has 0 radical (unpaired) electrons. The summed E-state index contributed by atoms with van der Waals surface area (Å²) in [4.78, 5) is 6.79. The number of fused-ring (bicyclic) bond motifs is 2. The highest BCUT2D eigenvalue weighted by Gasteiger charge is 2.28. The lowest BCUT2D eigenvalue weighted by atomic mass is 9.96. The fraction of sp³-hybridized carbons (Fsp3) is 0.409. The highest BCUT2D eigenvalue weighted by molar-refractivity contribution is 5.73. The van der Waals surface area contributed by atoms with Crippen LogP contribution in [-0.4, -0.2) is 36.8 Å². The van der Waals surface area contributed by atoms with Crippen LogP contribution in [0.15, 0.2) is 40.8 Å². The van der Waals surface area contributed by atoms with E-state index in [1.54, 1.807) is 12.1 Å². The number of aromatic nitrogens is 1. The van der Waals surface area contributed by atoms with Crippen molar-refractivity contribution in [2.24, 2.45) is 0 Å². The second kappa shape index (κ2) is 6.78. The summed E-state index contributed by atoms with van der Waals surface area (Å²) in [6.45, 7) is 6.89. The van der Waals surface area contributed by atoms with E-state index in [2.05, 4.69) is 47.2 Å². The highest BCUT2D eigenvalue weighted by Crippen LogP contribution is 2.36. The summed E-state index contributed by atoms with van der Waals surface area (Å²) < 4.78 is 25.8. The lowest BCUT2D eigenvalue weighted by Crippen LogP contribution is -2.54. The lowest BCUT2D eigenvalue weighted by Gasteiger charge is -2.38. The van der Waals surface area contributed by atoms with Gasteiger partial charge in [-0.15, -0.1) is 0 Å². The average Bonchev–Trinajstić information content (AvgIpc) is 3.12. The molecule has 2 aromatic carbocycles. The summed E-state index contributed by atoms with van der Waals surface area (Å²) >= 11 is 0. The molecule has 3 atom stereocenters. The number of benzene rings is 2. The third kappa shape index (κ3) is 3.11. The molecule has 5 nitrogen and oxygen atoms in total. The van der Waals surface area contributed by atoms with Crippen molar-refractivity contribution < 1.29 is 13.5 Å². The molecule has 0 aliphatic carbocycles. The van der Waals surface area contributed by atoms with Gasteiger partial charge in [0.15, 0.2) is 11.4 Å². The topological polar surface area (TPSA) is 50.5 Å². The van der Waals surface area contributed by atoms with Crippen LogP contribution < -0.4 is 15.0 Å². The molecule has 0 saturated carbocycles. The van der Waals surface area contributed by atoms with Crippen LogP contribution in [0.4, 0.5) is 10.1 Å². The Morgan fingerprint density at radius 1 is 1.14 bits per heavy atom. The fourth-order valence-corrected chi connectivity index (χ4v) is 4.36. The number of rotatable bonds is 2. The van der Waals surface area contributed by atoms with Gasteiger partial charge in [-0.05, 0) is 44.0 Å². The van der Waals surface area contributed by atoms with Crippen molar-refractivity contribution in [3.63, 3.8) is 0 Å². The molecule has 1 unspecified atom stereocenters. The number of nitrogens with zero attached hydrogens (tertiary/aromatic N) is 2. The third-order valence-electron chi connectivity index (χ3n) is 5.62. The van der Waals surface area contributed by atoms with Crippen molar-refractivity contribution in [1.29, 1.82) is 0 Å². The Bertz CT molecular complexity index is 1010. The Hall–Kier alpha value is -2.60. The normalized spacial score (nSPS) is 24.8. The molecule has 5 rings (SSSR count). The lowest BCUT2D eigenvalue weighted by molar-refractivity contribution is 0.243. The first-order chi connectivity index (χ1) is 13.6. The predicted octanol–water partition coefficient (Wildman–Crippen LogP) is 3.87. The molecule has 2 aliphatic rings. The van der Waals surface area contributed by atoms with Crippen molar-refractivity contribution in [2.75, 3.05) is 24.6 Å². The Morgan fingerprint density at radius 3 is 2.75 bits per heavy atom. The molecule has 0 amide bonds. The van der Waals surface area contributed by atoms with E-state index in [1.807, 2.05) is 0 Å². The van der Waals surface area contributed by atoms with Gasteiger partial charge in [0.1, 0.15) is 17.9 Å². The van der Waals surface area contributed by atoms with Crippen LogP contribution in [-0.2, 0) is 6.42 Å². The van der Waals surface area contributed by atoms with E-state index in [4.69, 9.17) is 9.15 Å². The minimum absolute atomic E-state index is 0.00983. The zero-order valence-electron chi connectivity index (χ0n) is 16.1.